The highest BCUT2D eigenvalue weighted by molar-refractivity contribution is 7.99. The fraction of sp³-hybridized carbons (Fsp3) is 0.211. The Bertz CT molecular complexity index is 882. The van der Waals surface area contributed by atoms with Gasteiger partial charge in [-0.3, -0.25) is 4.79 Å². The van der Waals surface area contributed by atoms with Crippen LogP contribution in [-0.2, 0) is 17.1 Å². The first kappa shape index (κ1) is 19.3. The minimum atomic E-state index is -0.0836. The average Bonchev–Trinajstić information content (AvgIpc) is 3.16. The predicted octanol–water partition coefficient (Wildman–Crippen LogP) is 3.95. The van der Waals surface area contributed by atoms with Crippen LogP contribution in [-0.4, -0.2) is 28.9 Å². The maximum atomic E-state index is 12.0. The quantitative estimate of drug-likeness (QED) is 0.613. The first-order valence-electron chi connectivity index (χ1n) is 8.20. The molecule has 0 spiro atoms. The first-order valence-corrected chi connectivity index (χ1v) is 9.73. The summed E-state index contributed by atoms with van der Waals surface area (Å²) in [5, 5.41) is 7.33. The van der Waals surface area contributed by atoms with Crippen molar-refractivity contribution >= 4 is 29.3 Å². The number of nitrogens with one attached hydrogen (secondary N) is 1. The van der Waals surface area contributed by atoms with Crippen LogP contribution in [0.25, 0.3) is 11.4 Å². The van der Waals surface area contributed by atoms with E-state index in [1.54, 1.807) is 19.2 Å². The monoisotopic (exact) mass is 403 g/mol. The molecule has 1 amide bonds. The summed E-state index contributed by atoms with van der Waals surface area (Å²) in [7, 11) is 1.63. The molecule has 140 valence electrons. The molecule has 0 fully saturated rings. The van der Waals surface area contributed by atoms with Crippen molar-refractivity contribution in [2.75, 3.05) is 12.9 Å². The lowest BCUT2D eigenvalue weighted by Crippen LogP contribution is -2.24. The second kappa shape index (κ2) is 9.43. The van der Waals surface area contributed by atoms with Crippen LogP contribution in [0.3, 0.4) is 0 Å². The second-order valence-corrected chi connectivity index (χ2v) is 7.06. The predicted molar refractivity (Wildman–Crippen MR) is 106 cm³/mol. The van der Waals surface area contributed by atoms with E-state index >= 15 is 0 Å². The number of carbonyl (C=O) groups excluding carboxylic acids is 1. The van der Waals surface area contributed by atoms with Crippen molar-refractivity contribution in [1.29, 1.82) is 0 Å². The van der Waals surface area contributed by atoms with Crippen molar-refractivity contribution in [2.45, 2.75) is 12.3 Å². The van der Waals surface area contributed by atoms with Crippen molar-refractivity contribution in [3.8, 4) is 17.1 Å². The number of thioether (sulfide) groups is 1. The van der Waals surface area contributed by atoms with Gasteiger partial charge in [-0.1, -0.05) is 28.9 Å². The molecule has 1 heterocycles. The van der Waals surface area contributed by atoms with Crippen LogP contribution in [0.4, 0.5) is 0 Å². The van der Waals surface area contributed by atoms with Gasteiger partial charge in [0.2, 0.25) is 17.6 Å². The first-order chi connectivity index (χ1) is 13.1. The fourth-order valence-corrected chi connectivity index (χ4v) is 3.20. The minimum absolute atomic E-state index is 0.0836. The van der Waals surface area contributed by atoms with E-state index in [4.69, 9.17) is 20.9 Å². The van der Waals surface area contributed by atoms with Gasteiger partial charge in [0.05, 0.1) is 19.4 Å². The third-order valence-electron chi connectivity index (χ3n) is 3.67. The fourth-order valence-electron chi connectivity index (χ4n) is 2.25. The zero-order valence-electron chi connectivity index (χ0n) is 14.6. The number of halogens is 1. The summed E-state index contributed by atoms with van der Waals surface area (Å²) in [5.41, 5.74) is 1.94. The van der Waals surface area contributed by atoms with Gasteiger partial charge in [0.1, 0.15) is 5.75 Å². The third kappa shape index (κ3) is 5.74. The average molecular weight is 404 g/mol. The number of carbonyl (C=O) groups is 1. The Hall–Kier alpha value is -2.51. The summed E-state index contributed by atoms with van der Waals surface area (Å²) in [6.45, 7) is 0.197. The van der Waals surface area contributed by atoms with Crippen molar-refractivity contribution < 1.29 is 14.1 Å². The summed E-state index contributed by atoms with van der Waals surface area (Å²) in [5.74, 6) is 2.65. The normalized spacial score (nSPS) is 10.6. The molecule has 0 aliphatic carbocycles. The smallest absolute Gasteiger partial charge is 0.246 e. The van der Waals surface area contributed by atoms with Crippen LogP contribution in [0.15, 0.2) is 53.1 Å². The highest BCUT2D eigenvalue weighted by Crippen LogP contribution is 2.19. The zero-order valence-corrected chi connectivity index (χ0v) is 16.2. The number of hydrogen-bond acceptors (Lipinski definition) is 6. The number of amides is 1. The van der Waals surface area contributed by atoms with Crippen LogP contribution < -0.4 is 10.1 Å². The van der Waals surface area contributed by atoms with Crippen molar-refractivity contribution in [3.63, 3.8) is 0 Å². The zero-order chi connectivity index (χ0) is 19.1. The van der Waals surface area contributed by atoms with E-state index in [0.717, 1.165) is 22.6 Å². The summed E-state index contributed by atoms with van der Waals surface area (Å²) >= 11 is 7.40. The Kier molecular flexibility index (Phi) is 6.73. The second-order valence-electron chi connectivity index (χ2n) is 5.64. The number of hydrogen-bond donors (Lipinski definition) is 1. The van der Waals surface area contributed by atoms with E-state index in [-0.39, 0.29) is 12.5 Å². The van der Waals surface area contributed by atoms with E-state index in [1.165, 1.54) is 11.8 Å². The minimum Gasteiger partial charge on any atom is -0.497 e. The van der Waals surface area contributed by atoms with Crippen LogP contribution in [0.5, 0.6) is 5.75 Å². The molecule has 0 saturated carbocycles. The highest BCUT2D eigenvalue weighted by atomic mass is 35.5. The molecule has 6 nitrogen and oxygen atoms in total. The van der Waals surface area contributed by atoms with Crippen molar-refractivity contribution in [2.24, 2.45) is 0 Å². The number of methoxy groups -OCH3 is 1. The van der Waals surface area contributed by atoms with Gasteiger partial charge >= 0.3 is 0 Å². The van der Waals surface area contributed by atoms with Gasteiger partial charge in [-0.25, -0.2) is 0 Å². The number of aromatic nitrogens is 2. The van der Waals surface area contributed by atoms with Crippen LogP contribution >= 0.6 is 23.4 Å². The third-order valence-corrected chi connectivity index (χ3v) is 4.92. The van der Waals surface area contributed by atoms with Crippen molar-refractivity contribution in [1.82, 2.24) is 15.5 Å². The number of benzene rings is 2. The van der Waals surface area contributed by atoms with Crippen LogP contribution in [0.2, 0.25) is 5.02 Å². The Balaban J connectivity index is 1.42. The molecule has 2 aromatic carbocycles. The molecule has 0 atom stereocenters. The standard InChI is InChI=1S/C19H18ClN3O3S/c1-25-16-8-2-13(3-9-16)11-27-12-17(24)21-10-18-22-19(23-26-18)14-4-6-15(20)7-5-14/h2-9H,10-12H2,1H3,(H,21,24). The van der Waals surface area contributed by atoms with Gasteiger partial charge in [0.25, 0.3) is 0 Å². The number of rotatable bonds is 8. The van der Waals surface area contributed by atoms with Gasteiger partial charge in [0.15, 0.2) is 0 Å². The molecule has 8 heteroatoms. The molecule has 3 rings (SSSR count). The van der Waals surface area contributed by atoms with E-state index < -0.39 is 0 Å². The summed E-state index contributed by atoms with van der Waals surface area (Å²) in [6.07, 6.45) is 0. The van der Waals surface area contributed by atoms with Crippen LogP contribution in [0.1, 0.15) is 11.5 Å². The SMILES string of the molecule is COc1ccc(CSCC(=O)NCc2nc(-c3ccc(Cl)cc3)no2)cc1. The van der Waals surface area contributed by atoms with Gasteiger partial charge in [-0.2, -0.15) is 4.98 Å². The molecule has 0 unspecified atom stereocenters. The molecular weight excluding hydrogens is 386 g/mol. The Morgan fingerprint density at radius 2 is 1.93 bits per heavy atom. The maximum absolute atomic E-state index is 12.0. The molecule has 0 saturated heterocycles. The highest BCUT2D eigenvalue weighted by Gasteiger charge is 2.10. The largest absolute Gasteiger partial charge is 0.497 e. The molecule has 0 aliphatic heterocycles. The molecule has 1 aromatic heterocycles. The van der Waals surface area contributed by atoms with Gasteiger partial charge in [-0.05, 0) is 42.0 Å². The van der Waals surface area contributed by atoms with Crippen molar-refractivity contribution in [3.05, 3.63) is 65.0 Å². The maximum Gasteiger partial charge on any atom is 0.246 e. The Morgan fingerprint density at radius 3 is 2.63 bits per heavy atom. The molecule has 0 bridgehead atoms. The van der Waals surface area contributed by atoms with Crippen LogP contribution in [0, 0.1) is 0 Å². The Labute approximate surface area is 166 Å². The lowest BCUT2D eigenvalue weighted by atomic mass is 10.2. The summed E-state index contributed by atoms with van der Waals surface area (Å²) in [6, 6.07) is 14.9. The van der Waals surface area contributed by atoms with E-state index in [0.29, 0.717) is 22.5 Å². The Morgan fingerprint density at radius 1 is 1.19 bits per heavy atom. The van der Waals surface area contributed by atoms with Gasteiger partial charge < -0.3 is 14.6 Å². The topological polar surface area (TPSA) is 77.2 Å². The van der Waals surface area contributed by atoms with E-state index in [1.807, 2.05) is 36.4 Å². The molecular formula is C19H18ClN3O3S. The molecule has 3 aromatic rings. The summed E-state index contributed by atoms with van der Waals surface area (Å²) < 4.78 is 10.3. The molecule has 1 N–H and O–H groups in total. The molecule has 0 radical (unpaired) electrons. The van der Waals surface area contributed by atoms with E-state index in [2.05, 4.69) is 15.5 Å². The lowest BCUT2D eigenvalue weighted by molar-refractivity contribution is -0.118. The lowest BCUT2D eigenvalue weighted by Gasteiger charge is -2.04. The number of nitrogens with zero attached hydrogens (tertiary/aromatic N) is 2. The molecule has 27 heavy (non-hydrogen) atoms. The number of ether oxygens (including phenoxy) is 1. The summed E-state index contributed by atoms with van der Waals surface area (Å²) in [4.78, 5) is 16.2. The van der Waals surface area contributed by atoms with Gasteiger partial charge in [0, 0.05) is 16.3 Å². The van der Waals surface area contributed by atoms with E-state index in [9.17, 15) is 4.79 Å². The molecule has 0 aliphatic rings. The van der Waals surface area contributed by atoms with Gasteiger partial charge in [-0.15, -0.1) is 11.8 Å².